The summed E-state index contributed by atoms with van der Waals surface area (Å²) >= 11 is 0. The summed E-state index contributed by atoms with van der Waals surface area (Å²) in [6, 6.07) is 10.5. The molecule has 3 rings (SSSR count). The van der Waals surface area contributed by atoms with E-state index in [1.807, 2.05) is 12.3 Å². The van der Waals surface area contributed by atoms with Crippen molar-refractivity contribution in [3.8, 4) is 5.75 Å². The number of pyridine rings is 1. The van der Waals surface area contributed by atoms with Gasteiger partial charge in [-0.2, -0.15) is 0 Å². The number of nitrogens with two attached hydrogens (primary N) is 1. The second kappa shape index (κ2) is 6.06. The minimum atomic E-state index is 0.167. The van der Waals surface area contributed by atoms with Crippen LogP contribution in [0.4, 0.5) is 0 Å². The van der Waals surface area contributed by atoms with Crippen molar-refractivity contribution in [3.63, 3.8) is 0 Å². The second-order valence-corrected chi connectivity index (χ2v) is 5.32. The van der Waals surface area contributed by atoms with Crippen molar-refractivity contribution < 1.29 is 4.74 Å². The van der Waals surface area contributed by atoms with Gasteiger partial charge < -0.3 is 10.5 Å². The average molecular weight is 268 g/mol. The third-order valence-electron chi connectivity index (χ3n) is 3.86. The van der Waals surface area contributed by atoms with Crippen LogP contribution in [-0.4, -0.2) is 11.6 Å². The van der Waals surface area contributed by atoms with Gasteiger partial charge in [-0.3, -0.25) is 4.98 Å². The molecule has 3 heteroatoms. The van der Waals surface area contributed by atoms with E-state index in [4.69, 9.17) is 10.5 Å². The molecular weight excluding hydrogens is 248 g/mol. The second-order valence-electron chi connectivity index (χ2n) is 5.32. The zero-order chi connectivity index (χ0) is 13.8. The van der Waals surface area contributed by atoms with Crippen LogP contribution in [0.25, 0.3) is 0 Å². The molecule has 0 saturated heterocycles. The van der Waals surface area contributed by atoms with Crippen LogP contribution in [0, 0.1) is 0 Å². The molecule has 1 atom stereocenters. The molecule has 2 aromatic rings. The molecule has 1 aromatic heterocycles. The van der Waals surface area contributed by atoms with Crippen LogP contribution in [0.3, 0.4) is 0 Å². The summed E-state index contributed by atoms with van der Waals surface area (Å²) in [5.74, 6) is 0.921. The lowest BCUT2D eigenvalue weighted by Crippen LogP contribution is -2.17. The molecule has 0 saturated carbocycles. The van der Waals surface area contributed by atoms with Crippen molar-refractivity contribution in [2.75, 3.05) is 6.61 Å². The van der Waals surface area contributed by atoms with Crippen LogP contribution in [0.15, 0.2) is 42.7 Å². The van der Waals surface area contributed by atoms with Gasteiger partial charge >= 0.3 is 0 Å². The van der Waals surface area contributed by atoms with Crippen LogP contribution in [0.5, 0.6) is 5.75 Å². The van der Waals surface area contributed by atoms with Gasteiger partial charge in [-0.05, 0) is 54.2 Å². The van der Waals surface area contributed by atoms with E-state index < -0.39 is 0 Å². The lowest BCUT2D eigenvalue weighted by atomic mass is 9.88. The summed E-state index contributed by atoms with van der Waals surface area (Å²) < 4.78 is 5.84. The molecule has 0 unspecified atom stereocenters. The Bertz CT molecular complexity index is 568. The summed E-state index contributed by atoms with van der Waals surface area (Å²) in [4.78, 5) is 4.11. The molecular formula is C17H20N2O. The van der Waals surface area contributed by atoms with Gasteiger partial charge in [-0.15, -0.1) is 0 Å². The quantitative estimate of drug-likeness (QED) is 0.927. The van der Waals surface area contributed by atoms with Gasteiger partial charge in [0, 0.05) is 24.9 Å². The van der Waals surface area contributed by atoms with E-state index in [9.17, 15) is 0 Å². The van der Waals surface area contributed by atoms with Crippen molar-refractivity contribution >= 4 is 0 Å². The molecule has 104 valence electrons. The Morgan fingerprint density at radius 1 is 1.30 bits per heavy atom. The maximum Gasteiger partial charge on any atom is 0.119 e. The molecule has 1 aliphatic rings. The highest BCUT2D eigenvalue weighted by atomic mass is 16.5. The Morgan fingerprint density at radius 3 is 3.10 bits per heavy atom. The van der Waals surface area contributed by atoms with E-state index in [0.717, 1.165) is 25.0 Å². The van der Waals surface area contributed by atoms with Gasteiger partial charge in [0.2, 0.25) is 0 Å². The molecule has 20 heavy (non-hydrogen) atoms. The van der Waals surface area contributed by atoms with E-state index in [0.29, 0.717) is 6.61 Å². The first-order valence-electron chi connectivity index (χ1n) is 7.23. The first-order chi connectivity index (χ1) is 9.83. The highest BCUT2D eigenvalue weighted by Gasteiger charge is 2.17. The Hall–Kier alpha value is -1.87. The summed E-state index contributed by atoms with van der Waals surface area (Å²) in [7, 11) is 0. The predicted octanol–water partition coefficient (Wildman–Crippen LogP) is 3.04. The van der Waals surface area contributed by atoms with E-state index in [2.05, 4.69) is 29.2 Å². The molecule has 2 N–H and O–H groups in total. The predicted molar refractivity (Wildman–Crippen MR) is 79.7 cm³/mol. The molecule has 0 radical (unpaired) electrons. The normalized spacial score (nSPS) is 17.6. The smallest absolute Gasteiger partial charge is 0.119 e. The van der Waals surface area contributed by atoms with E-state index in [1.54, 1.807) is 6.20 Å². The zero-order valence-electron chi connectivity index (χ0n) is 11.6. The van der Waals surface area contributed by atoms with Crippen molar-refractivity contribution in [2.45, 2.75) is 31.7 Å². The first-order valence-corrected chi connectivity index (χ1v) is 7.23. The number of rotatable bonds is 4. The number of fused-ring (bicyclic) bond motifs is 1. The fourth-order valence-electron chi connectivity index (χ4n) is 2.74. The van der Waals surface area contributed by atoms with E-state index >= 15 is 0 Å². The van der Waals surface area contributed by atoms with Gasteiger partial charge in [0.05, 0.1) is 6.61 Å². The molecule has 0 spiro atoms. The van der Waals surface area contributed by atoms with Crippen molar-refractivity contribution in [1.29, 1.82) is 0 Å². The highest BCUT2D eigenvalue weighted by Crippen LogP contribution is 2.30. The topological polar surface area (TPSA) is 48.1 Å². The Morgan fingerprint density at radius 2 is 2.25 bits per heavy atom. The SMILES string of the molecule is N[C@H]1CCCc2ccc(OCCc3cccnc3)cc21. The van der Waals surface area contributed by atoms with Gasteiger partial charge in [-0.1, -0.05) is 12.1 Å². The fourth-order valence-corrected chi connectivity index (χ4v) is 2.74. The number of hydrogen-bond donors (Lipinski definition) is 1. The van der Waals surface area contributed by atoms with Crippen LogP contribution < -0.4 is 10.5 Å². The molecule has 1 aromatic carbocycles. The van der Waals surface area contributed by atoms with Gasteiger partial charge in [0.1, 0.15) is 5.75 Å². The molecule has 0 amide bonds. The van der Waals surface area contributed by atoms with Crippen LogP contribution in [-0.2, 0) is 12.8 Å². The minimum Gasteiger partial charge on any atom is -0.493 e. The fraction of sp³-hybridized carbons (Fsp3) is 0.353. The number of hydrogen-bond acceptors (Lipinski definition) is 3. The third kappa shape index (κ3) is 2.99. The van der Waals surface area contributed by atoms with E-state index in [-0.39, 0.29) is 6.04 Å². The number of aryl methyl sites for hydroxylation is 1. The Kier molecular flexibility index (Phi) is 3.97. The van der Waals surface area contributed by atoms with Gasteiger partial charge in [0.25, 0.3) is 0 Å². The highest BCUT2D eigenvalue weighted by molar-refractivity contribution is 5.39. The third-order valence-corrected chi connectivity index (χ3v) is 3.86. The molecule has 3 nitrogen and oxygen atoms in total. The van der Waals surface area contributed by atoms with Gasteiger partial charge in [-0.25, -0.2) is 0 Å². The van der Waals surface area contributed by atoms with Crippen molar-refractivity contribution in [3.05, 3.63) is 59.4 Å². The van der Waals surface area contributed by atoms with Crippen molar-refractivity contribution in [1.82, 2.24) is 4.98 Å². The maximum absolute atomic E-state index is 6.17. The van der Waals surface area contributed by atoms with E-state index in [1.165, 1.54) is 23.1 Å². The summed E-state index contributed by atoms with van der Waals surface area (Å²) in [5, 5.41) is 0. The molecule has 1 aliphatic carbocycles. The summed E-state index contributed by atoms with van der Waals surface area (Å²) in [5.41, 5.74) is 10.0. The van der Waals surface area contributed by atoms with Crippen molar-refractivity contribution in [2.24, 2.45) is 5.73 Å². The zero-order valence-corrected chi connectivity index (χ0v) is 11.6. The standard InChI is InChI=1S/C17H20N2O/c18-17-5-1-4-14-6-7-15(11-16(14)17)20-10-8-13-3-2-9-19-12-13/h2-3,6-7,9,11-12,17H,1,4-5,8,10,18H2/t17-/m0/s1. The lowest BCUT2D eigenvalue weighted by Gasteiger charge is -2.22. The summed E-state index contributed by atoms with van der Waals surface area (Å²) in [6.45, 7) is 0.666. The lowest BCUT2D eigenvalue weighted by molar-refractivity contribution is 0.321. The number of aromatic nitrogens is 1. The Labute approximate surface area is 119 Å². The Balaban J connectivity index is 1.62. The minimum absolute atomic E-state index is 0.167. The van der Waals surface area contributed by atoms with Gasteiger partial charge in [0.15, 0.2) is 0 Å². The molecule has 1 heterocycles. The summed E-state index contributed by atoms with van der Waals surface area (Å²) in [6.07, 6.45) is 7.94. The molecule has 0 aliphatic heterocycles. The van der Waals surface area contributed by atoms with Crippen LogP contribution in [0.2, 0.25) is 0 Å². The largest absolute Gasteiger partial charge is 0.493 e. The first kappa shape index (κ1) is 13.1. The maximum atomic E-state index is 6.17. The van der Waals surface area contributed by atoms with Crippen LogP contribution >= 0.6 is 0 Å². The molecule has 0 bridgehead atoms. The molecule has 0 fully saturated rings. The van der Waals surface area contributed by atoms with Crippen LogP contribution in [0.1, 0.15) is 35.6 Å². The monoisotopic (exact) mass is 268 g/mol. The average Bonchev–Trinajstić information content (AvgIpc) is 2.49. The number of nitrogens with zero attached hydrogens (tertiary/aromatic N) is 1. The number of ether oxygens (including phenoxy) is 1. The number of benzene rings is 1.